The van der Waals surface area contributed by atoms with E-state index in [1.54, 1.807) is 0 Å². The summed E-state index contributed by atoms with van der Waals surface area (Å²) in [5.74, 6) is 0. The highest BCUT2D eigenvalue weighted by Gasteiger charge is 2.52. The smallest absolute Gasteiger partial charge is 0.252 e. The molecular formula is C70H85BN2. The molecule has 0 unspecified atom stereocenters. The van der Waals surface area contributed by atoms with E-state index in [1.165, 1.54) is 143 Å². The Kier molecular flexibility index (Phi) is 9.83. The molecule has 0 amide bonds. The molecule has 0 fully saturated rings. The molecule has 12 rings (SSSR count). The Morgan fingerprint density at radius 3 is 1.44 bits per heavy atom. The van der Waals surface area contributed by atoms with Crippen LogP contribution >= 0.6 is 0 Å². The van der Waals surface area contributed by atoms with Gasteiger partial charge in [-0.3, -0.25) is 0 Å². The zero-order valence-corrected chi connectivity index (χ0v) is 48.7. The van der Waals surface area contributed by atoms with Crippen molar-refractivity contribution in [1.29, 1.82) is 0 Å². The maximum absolute atomic E-state index is 2.81. The summed E-state index contributed by atoms with van der Waals surface area (Å²) in [6.45, 7) is 49.7. The summed E-state index contributed by atoms with van der Waals surface area (Å²) in [5, 5.41) is 0. The first-order valence-corrected chi connectivity index (χ1v) is 28.3. The maximum Gasteiger partial charge on any atom is 0.252 e. The lowest BCUT2D eigenvalue weighted by atomic mass is 9.32. The van der Waals surface area contributed by atoms with Gasteiger partial charge in [0, 0.05) is 33.9 Å². The fraction of sp³-hybridized carbons (Fsp3) is 0.486. The van der Waals surface area contributed by atoms with Crippen LogP contribution in [0.4, 0.5) is 34.1 Å². The molecule has 0 spiro atoms. The van der Waals surface area contributed by atoms with Crippen molar-refractivity contribution in [2.24, 2.45) is 0 Å². The second-order valence-corrected chi connectivity index (χ2v) is 30.7. The SMILES string of the molecule is CC(C)(C)c1cc2c3c(c1)N(c1ccc4c(c1C(C)(C)C)C(C)(C)c1ccccc1-4)c1cc4c(cc1B3c1cc3c(cc1N2c1ccc2c(c1)C(C)(C)CCC2(C)C)C(C)(C)CCC3(C)C)C(C)(C)CC4(C)C. The topological polar surface area (TPSA) is 6.48 Å². The average molecular weight is 965 g/mol. The van der Waals surface area contributed by atoms with Crippen molar-refractivity contribution < 1.29 is 0 Å². The molecule has 0 N–H and O–H groups in total. The molecule has 2 aliphatic heterocycles. The van der Waals surface area contributed by atoms with Crippen LogP contribution in [0.15, 0.2) is 91.0 Å². The van der Waals surface area contributed by atoms with Crippen molar-refractivity contribution in [2.75, 3.05) is 9.80 Å². The van der Waals surface area contributed by atoms with Crippen molar-refractivity contribution >= 4 is 57.2 Å². The lowest BCUT2D eigenvalue weighted by Gasteiger charge is -2.49. The highest BCUT2D eigenvalue weighted by molar-refractivity contribution is 7.00. The Balaban J connectivity index is 1.26. The van der Waals surface area contributed by atoms with Crippen molar-refractivity contribution in [3.8, 4) is 11.1 Å². The van der Waals surface area contributed by atoms with Crippen LogP contribution in [0.2, 0.25) is 0 Å². The van der Waals surface area contributed by atoms with E-state index >= 15 is 0 Å². The summed E-state index contributed by atoms with van der Waals surface area (Å²) in [5.41, 5.74) is 29.8. The molecule has 0 atom stereocenters. The third kappa shape index (κ3) is 6.80. The Morgan fingerprint density at radius 1 is 0.397 bits per heavy atom. The molecule has 378 valence electrons. The Labute approximate surface area is 441 Å². The summed E-state index contributed by atoms with van der Waals surface area (Å²) in [6, 6.07) is 38.1. The minimum Gasteiger partial charge on any atom is -0.311 e. The summed E-state index contributed by atoms with van der Waals surface area (Å²) in [7, 11) is 0. The molecule has 0 saturated heterocycles. The van der Waals surface area contributed by atoms with Gasteiger partial charge in [0.2, 0.25) is 0 Å². The van der Waals surface area contributed by atoms with Gasteiger partial charge in [-0.25, -0.2) is 0 Å². The molecule has 2 heterocycles. The van der Waals surface area contributed by atoms with Crippen LogP contribution in [0.25, 0.3) is 11.1 Å². The van der Waals surface area contributed by atoms with Crippen LogP contribution in [-0.2, 0) is 48.7 Å². The van der Waals surface area contributed by atoms with Gasteiger partial charge in [-0.05, 0) is 201 Å². The zero-order chi connectivity index (χ0) is 52.5. The summed E-state index contributed by atoms with van der Waals surface area (Å²) in [6.07, 6.45) is 5.87. The average Bonchev–Trinajstić information content (AvgIpc) is 3.63. The van der Waals surface area contributed by atoms with Gasteiger partial charge in [0.1, 0.15) is 0 Å². The van der Waals surface area contributed by atoms with Crippen molar-refractivity contribution in [3.05, 3.63) is 147 Å². The first kappa shape index (κ1) is 48.9. The molecule has 2 nitrogen and oxygen atoms in total. The lowest BCUT2D eigenvalue weighted by molar-refractivity contribution is 0.332. The predicted molar refractivity (Wildman–Crippen MR) is 317 cm³/mol. The first-order chi connectivity index (χ1) is 33.7. The molecule has 0 radical (unpaired) electrons. The lowest BCUT2D eigenvalue weighted by Crippen LogP contribution is -2.62. The standard InChI is InChI=1S/C70H85BN2/c1-62(2,3)41-33-57-61-58(34-41)73(54-28-26-44-43-23-21-22-24-45(43)70(19,20)59(44)60(54)63(4,5)6)56-39-51-49(68(15,16)40-69(51,17)18)37-53(56)71(61)52-36-48-50(67(13,14)32-31-66(48,11)12)38-55(52)72(57)42-25-27-46-47(35-42)65(9,10)30-29-64(46,7)8/h21-28,33-39H,29-32,40H2,1-20H3. The minimum atomic E-state index is -0.174. The monoisotopic (exact) mass is 965 g/mol. The third-order valence-corrected chi connectivity index (χ3v) is 20.2. The van der Waals surface area contributed by atoms with E-state index in [1.807, 2.05) is 0 Å². The molecule has 0 bridgehead atoms. The second kappa shape index (κ2) is 14.7. The van der Waals surface area contributed by atoms with Gasteiger partial charge < -0.3 is 9.80 Å². The molecule has 3 heteroatoms. The molecule has 73 heavy (non-hydrogen) atoms. The highest BCUT2D eigenvalue weighted by atomic mass is 15.2. The molecule has 6 aliphatic rings. The summed E-state index contributed by atoms with van der Waals surface area (Å²) >= 11 is 0. The van der Waals surface area contributed by atoms with Crippen molar-refractivity contribution in [2.45, 2.75) is 219 Å². The fourth-order valence-electron chi connectivity index (χ4n) is 16.0. The van der Waals surface area contributed by atoms with E-state index in [4.69, 9.17) is 0 Å². The normalized spacial score (nSPS) is 21.3. The third-order valence-electron chi connectivity index (χ3n) is 20.2. The van der Waals surface area contributed by atoms with E-state index in [9.17, 15) is 0 Å². The first-order valence-electron chi connectivity index (χ1n) is 28.3. The van der Waals surface area contributed by atoms with Crippen LogP contribution in [0.5, 0.6) is 0 Å². The van der Waals surface area contributed by atoms with Gasteiger partial charge in [-0.15, -0.1) is 0 Å². The van der Waals surface area contributed by atoms with Gasteiger partial charge in [0.25, 0.3) is 6.71 Å². The fourth-order valence-corrected chi connectivity index (χ4v) is 16.0. The number of fused-ring (bicyclic) bond motifs is 10. The van der Waals surface area contributed by atoms with Crippen LogP contribution in [0, 0.1) is 0 Å². The van der Waals surface area contributed by atoms with E-state index < -0.39 is 0 Å². The minimum absolute atomic E-state index is 0.0252. The van der Waals surface area contributed by atoms with E-state index in [0.29, 0.717) is 0 Å². The molecular weight excluding hydrogens is 880 g/mol. The van der Waals surface area contributed by atoms with Gasteiger partial charge in [0.15, 0.2) is 0 Å². The van der Waals surface area contributed by atoms with Gasteiger partial charge in [0.05, 0.1) is 5.69 Å². The van der Waals surface area contributed by atoms with E-state index in [2.05, 4.69) is 239 Å². The van der Waals surface area contributed by atoms with Crippen LogP contribution in [0.3, 0.4) is 0 Å². The van der Waals surface area contributed by atoms with Gasteiger partial charge in [-0.1, -0.05) is 187 Å². The second-order valence-electron chi connectivity index (χ2n) is 30.7. The molecule has 0 aromatic heterocycles. The van der Waals surface area contributed by atoms with Crippen molar-refractivity contribution in [1.82, 2.24) is 0 Å². The Hall–Kier alpha value is -5.02. The zero-order valence-electron chi connectivity index (χ0n) is 48.7. The summed E-state index contributed by atoms with van der Waals surface area (Å²) in [4.78, 5) is 5.58. The van der Waals surface area contributed by atoms with Crippen LogP contribution < -0.4 is 26.2 Å². The van der Waals surface area contributed by atoms with Crippen LogP contribution in [0.1, 0.15) is 226 Å². The van der Waals surface area contributed by atoms with Crippen molar-refractivity contribution in [3.63, 3.8) is 0 Å². The van der Waals surface area contributed by atoms with Gasteiger partial charge in [-0.2, -0.15) is 0 Å². The number of nitrogens with zero attached hydrogens (tertiary/aromatic N) is 2. The highest BCUT2D eigenvalue weighted by Crippen LogP contribution is 2.59. The molecule has 0 saturated carbocycles. The number of rotatable bonds is 2. The maximum atomic E-state index is 2.81. The molecule has 6 aromatic rings. The van der Waals surface area contributed by atoms with E-state index in [-0.39, 0.29) is 55.4 Å². The molecule has 6 aromatic carbocycles. The number of hydrogen-bond donors (Lipinski definition) is 0. The largest absolute Gasteiger partial charge is 0.311 e. The van der Waals surface area contributed by atoms with E-state index in [0.717, 1.165) is 6.42 Å². The van der Waals surface area contributed by atoms with Gasteiger partial charge >= 0.3 is 0 Å². The number of benzene rings is 6. The quantitative estimate of drug-likeness (QED) is 0.159. The number of hydrogen-bond acceptors (Lipinski definition) is 2. The predicted octanol–water partition coefficient (Wildman–Crippen LogP) is 17.3. The number of anilines is 6. The molecule has 4 aliphatic carbocycles. The Morgan fingerprint density at radius 2 is 0.877 bits per heavy atom. The Bertz CT molecular complexity index is 3390. The summed E-state index contributed by atoms with van der Waals surface area (Å²) < 4.78 is 0. The van der Waals surface area contributed by atoms with Crippen LogP contribution in [-0.4, -0.2) is 6.71 Å².